The van der Waals surface area contributed by atoms with Crippen LogP contribution in [-0.2, 0) is 6.54 Å². The summed E-state index contributed by atoms with van der Waals surface area (Å²) < 4.78 is 38.2. The van der Waals surface area contributed by atoms with Gasteiger partial charge in [-0.05, 0) is 17.7 Å². The van der Waals surface area contributed by atoms with E-state index in [-0.39, 0.29) is 5.69 Å². The molecule has 0 fully saturated rings. The molecule has 2 rings (SSSR count). The van der Waals surface area contributed by atoms with Crippen molar-refractivity contribution in [1.82, 2.24) is 9.55 Å². The molecule has 0 aliphatic heterocycles. The van der Waals surface area contributed by atoms with Gasteiger partial charge in [0.1, 0.15) is 5.82 Å². The Morgan fingerprint density at radius 2 is 2.11 bits per heavy atom. The highest BCUT2D eigenvalue weighted by Crippen LogP contribution is 2.20. The number of aromatic nitrogens is 2. The van der Waals surface area contributed by atoms with E-state index in [1.165, 1.54) is 23.8 Å². The molecule has 7 heteroatoms. The molecule has 18 heavy (non-hydrogen) atoms. The molecule has 1 heterocycles. The molecule has 0 amide bonds. The Morgan fingerprint density at radius 3 is 2.72 bits per heavy atom. The molecule has 0 radical (unpaired) electrons. The van der Waals surface area contributed by atoms with Gasteiger partial charge in [-0.2, -0.15) is 13.2 Å². The maximum Gasteiger partial charge on any atom is 0.482 e. The standard InChI is InChI=1S/C11H11F3N4/c12-11(13,14)17-9-3-1-2-8(4-9)5-18-6-10(15)16-7-18/h1-4,6-7,17H,5,15H2. The van der Waals surface area contributed by atoms with Crippen molar-refractivity contribution in [1.29, 1.82) is 0 Å². The van der Waals surface area contributed by atoms with Gasteiger partial charge in [-0.25, -0.2) is 4.98 Å². The number of hydrogen-bond donors (Lipinski definition) is 2. The highest BCUT2D eigenvalue weighted by Gasteiger charge is 2.26. The van der Waals surface area contributed by atoms with Crippen LogP contribution in [0, 0.1) is 0 Å². The van der Waals surface area contributed by atoms with E-state index in [0.717, 1.165) is 5.56 Å². The number of halogens is 3. The van der Waals surface area contributed by atoms with Crippen molar-refractivity contribution in [2.45, 2.75) is 12.8 Å². The second-order valence-corrected chi connectivity index (χ2v) is 3.79. The molecule has 2 aromatic rings. The summed E-state index contributed by atoms with van der Waals surface area (Å²) in [4.78, 5) is 3.84. The fraction of sp³-hybridized carbons (Fsp3) is 0.182. The number of rotatable bonds is 3. The average molecular weight is 256 g/mol. The minimum Gasteiger partial charge on any atom is -0.382 e. The van der Waals surface area contributed by atoms with E-state index in [2.05, 4.69) is 4.98 Å². The van der Waals surface area contributed by atoms with Crippen molar-refractivity contribution in [2.75, 3.05) is 11.1 Å². The minimum absolute atomic E-state index is 0.00749. The van der Waals surface area contributed by atoms with Crippen LogP contribution in [0.25, 0.3) is 0 Å². The number of nitrogens with two attached hydrogens (primary N) is 1. The van der Waals surface area contributed by atoms with E-state index in [4.69, 9.17) is 5.73 Å². The number of benzene rings is 1. The maximum absolute atomic E-state index is 12.2. The van der Waals surface area contributed by atoms with Crippen LogP contribution in [-0.4, -0.2) is 15.9 Å². The topological polar surface area (TPSA) is 55.9 Å². The van der Waals surface area contributed by atoms with E-state index >= 15 is 0 Å². The zero-order valence-electron chi connectivity index (χ0n) is 9.28. The first kappa shape index (κ1) is 12.3. The van der Waals surface area contributed by atoms with Crippen LogP contribution < -0.4 is 11.1 Å². The van der Waals surface area contributed by atoms with E-state index in [1.54, 1.807) is 22.9 Å². The molecule has 0 atom stereocenters. The summed E-state index contributed by atoms with van der Waals surface area (Å²) in [5.41, 5.74) is 6.18. The molecular weight excluding hydrogens is 245 g/mol. The van der Waals surface area contributed by atoms with Gasteiger partial charge < -0.3 is 10.3 Å². The van der Waals surface area contributed by atoms with Gasteiger partial charge in [-0.3, -0.25) is 5.32 Å². The normalized spacial score (nSPS) is 11.5. The summed E-state index contributed by atoms with van der Waals surface area (Å²) in [6.07, 6.45) is -1.29. The molecule has 0 unspecified atom stereocenters. The lowest BCUT2D eigenvalue weighted by Gasteiger charge is -2.11. The van der Waals surface area contributed by atoms with Crippen molar-refractivity contribution in [3.8, 4) is 0 Å². The first-order valence-corrected chi connectivity index (χ1v) is 5.13. The number of hydrogen-bond acceptors (Lipinski definition) is 3. The van der Waals surface area contributed by atoms with Crippen LogP contribution in [0.4, 0.5) is 24.7 Å². The van der Waals surface area contributed by atoms with E-state index < -0.39 is 6.30 Å². The third kappa shape index (κ3) is 3.41. The lowest BCUT2D eigenvalue weighted by atomic mass is 10.2. The van der Waals surface area contributed by atoms with Crippen LogP contribution in [0.2, 0.25) is 0 Å². The predicted octanol–water partition coefficient (Wildman–Crippen LogP) is 2.45. The van der Waals surface area contributed by atoms with Gasteiger partial charge in [0.15, 0.2) is 0 Å². The van der Waals surface area contributed by atoms with Gasteiger partial charge in [0, 0.05) is 18.4 Å². The molecule has 1 aromatic heterocycles. The molecule has 0 saturated heterocycles. The minimum atomic E-state index is -4.43. The van der Waals surface area contributed by atoms with Crippen molar-refractivity contribution in [2.24, 2.45) is 0 Å². The van der Waals surface area contributed by atoms with Gasteiger partial charge in [0.05, 0.1) is 6.33 Å². The van der Waals surface area contributed by atoms with Gasteiger partial charge >= 0.3 is 6.30 Å². The Hall–Kier alpha value is -2.18. The quantitative estimate of drug-likeness (QED) is 0.829. The van der Waals surface area contributed by atoms with Gasteiger partial charge in [0.25, 0.3) is 0 Å². The molecule has 3 N–H and O–H groups in total. The number of alkyl halides is 3. The predicted molar refractivity (Wildman–Crippen MR) is 61.9 cm³/mol. The van der Waals surface area contributed by atoms with Crippen molar-refractivity contribution < 1.29 is 13.2 Å². The molecule has 0 bridgehead atoms. The summed E-state index contributed by atoms with van der Waals surface area (Å²) in [5, 5.41) is 1.46. The fourth-order valence-corrected chi connectivity index (χ4v) is 1.59. The van der Waals surface area contributed by atoms with Crippen molar-refractivity contribution in [3.63, 3.8) is 0 Å². The first-order valence-electron chi connectivity index (χ1n) is 5.13. The first-order chi connectivity index (χ1) is 8.42. The molecule has 0 aliphatic rings. The van der Waals surface area contributed by atoms with Gasteiger partial charge in [0.2, 0.25) is 0 Å². The van der Waals surface area contributed by atoms with Crippen molar-refractivity contribution in [3.05, 3.63) is 42.4 Å². The highest BCUT2D eigenvalue weighted by molar-refractivity contribution is 5.46. The van der Waals surface area contributed by atoms with Gasteiger partial charge in [-0.1, -0.05) is 12.1 Å². The smallest absolute Gasteiger partial charge is 0.382 e. The Morgan fingerprint density at radius 1 is 1.33 bits per heavy atom. The summed E-state index contributed by atoms with van der Waals surface area (Å²) >= 11 is 0. The Kier molecular flexibility index (Phi) is 3.14. The number of nitrogens with one attached hydrogen (secondary N) is 1. The van der Waals surface area contributed by atoms with E-state index in [9.17, 15) is 13.2 Å². The van der Waals surface area contributed by atoms with Crippen LogP contribution in [0.5, 0.6) is 0 Å². The summed E-state index contributed by atoms with van der Waals surface area (Å²) in [7, 11) is 0. The molecule has 1 aromatic carbocycles. The second kappa shape index (κ2) is 4.59. The summed E-state index contributed by atoms with van der Waals surface area (Å²) in [6.45, 7) is 0.414. The molecule has 0 saturated carbocycles. The zero-order chi connectivity index (χ0) is 13.2. The number of anilines is 2. The molecule has 96 valence electrons. The number of nitrogen functional groups attached to an aromatic ring is 1. The third-order valence-corrected chi connectivity index (χ3v) is 2.23. The lowest BCUT2D eigenvalue weighted by Crippen LogP contribution is -2.20. The number of imidazole rings is 1. The number of nitrogens with zero attached hydrogens (tertiary/aromatic N) is 2. The molecule has 0 spiro atoms. The monoisotopic (exact) mass is 256 g/mol. The Balaban J connectivity index is 2.12. The summed E-state index contributed by atoms with van der Waals surface area (Å²) in [5.74, 6) is 0.375. The fourth-order valence-electron chi connectivity index (χ4n) is 1.59. The van der Waals surface area contributed by atoms with E-state index in [0.29, 0.717) is 12.4 Å². The Bertz CT molecular complexity index is 533. The molecular formula is C11H11F3N4. The lowest BCUT2D eigenvalue weighted by molar-refractivity contribution is -0.0999. The zero-order valence-corrected chi connectivity index (χ0v) is 9.28. The van der Waals surface area contributed by atoms with E-state index in [1.807, 2.05) is 0 Å². The SMILES string of the molecule is Nc1cn(Cc2cccc(NC(F)(F)F)c2)cn1. The summed E-state index contributed by atoms with van der Waals surface area (Å²) in [6, 6.07) is 6.09. The van der Waals surface area contributed by atoms with Crippen LogP contribution in [0.1, 0.15) is 5.56 Å². The second-order valence-electron chi connectivity index (χ2n) is 3.79. The highest BCUT2D eigenvalue weighted by atomic mass is 19.4. The van der Waals surface area contributed by atoms with Crippen LogP contribution >= 0.6 is 0 Å². The average Bonchev–Trinajstić information content (AvgIpc) is 2.62. The van der Waals surface area contributed by atoms with Crippen LogP contribution in [0.15, 0.2) is 36.8 Å². The molecule has 4 nitrogen and oxygen atoms in total. The largest absolute Gasteiger partial charge is 0.482 e. The van der Waals surface area contributed by atoms with Crippen molar-refractivity contribution >= 4 is 11.5 Å². The maximum atomic E-state index is 12.2. The van der Waals surface area contributed by atoms with Gasteiger partial charge in [-0.15, -0.1) is 0 Å². The van der Waals surface area contributed by atoms with Crippen LogP contribution in [0.3, 0.4) is 0 Å². The third-order valence-electron chi connectivity index (χ3n) is 2.23. The Labute approximate surface area is 101 Å². The molecule has 0 aliphatic carbocycles.